The summed E-state index contributed by atoms with van der Waals surface area (Å²) < 4.78 is 28.8. The molecule has 0 aromatic heterocycles. The summed E-state index contributed by atoms with van der Waals surface area (Å²) in [6.45, 7) is 0. The average Bonchev–Trinajstić information content (AvgIpc) is 2.78. The first-order chi connectivity index (χ1) is 15.7. The number of hydrogen-bond acceptors (Lipinski definition) is 6. The summed E-state index contributed by atoms with van der Waals surface area (Å²) in [5.41, 5.74) is 1.05. The van der Waals surface area contributed by atoms with Gasteiger partial charge in [-0.1, -0.05) is 28.1 Å². The molecule has 0 atom stereocenters. The second kappa shape index (κ2) is 10.2. The molecule has 0 saturated heterocycles. The van der Waals surface area contributed by atoms with Crippen LogP contribution >= 0.6 is 15.9 Å². The largest absolute Gasteiger partial charge is 0.423 e. The number of amides is 1. The Bertz CT molecular complexity index is 1360. The third-order valence-electron chi connectivity index (χ3n) is 4.29. The first kappa shape index (κ1) is 23.9. The van der Waals surface area contributed by atoms with E-state index in [-0.39, 0.29) is 10.5 Å². The highest BCUT2D eigenvalue weighted by molar-refractivity contribution is 9.10. The zero-order valence-electron chi connectivity index (χ0n) is 16.9. The van der Waals surface area contributed by atoms with Crippen molar-refractivity contribution in [2.24, 2.45) is 5.14 Å². The first-order valence-corrected chi connectivity index (χ1v) is 11.6. The van der Waals surface area contributed by atoms with Crippen molar-refractivity contribution in [2.45, 2.75) is 4.90 Å². The smallest absolute Gasteiger partial charge is 0.343 e. The summed E-state index contributed by atoms with van der Waals surface area (Å²) >= 11 is 3.30. The molecule has 0 aliphatic carbocycles. The monoisotopic (exact) mass is 525 g/mol. The molecule has 3 N–H and O–H groups in total. The van der Waals surface area contributed by atoms with Crippen molar-refractivity contribution in [3.63, 3.8) is 0 Å². The molecule has 0 unspecified atom stereocenters. The number of rotatable bonds is 6. The van der Waals surface area contributed by atoms with Crippen molar-refractivity contribution in [3.8, 4) is 11.8 Å². The Labute approximate surface area is 198 Å². The number of esters is 1. The molecule has 0 aliphatic rings. The van der Waals surface area contributed by atoms with Gasteiger partial charge in [0.25, 0.3) is 5.91 Å². The Kier molecular flexibility index (Phi) is 7.40. The topological polar surface area (TPSA) is 139 Å². The van der Waals surface area contributed by atoms with Crippen molar-refractivity contribution in [1.29, 1.82) is 5.26 Å². The van der Waals surface area contributed by atoms with Gasteiger partial charge in [0.1, 0.15) is 17.4 Å². The van der Waals surface area contributed by atoms with Crippen LogP contribution in [0.3, 0.4) is 0 Å². The summed E-state index contributed by atoms with van der Waals surface area (Å²) in [6, 6.07) is 20.0. The van der Waals surface area contributed by atoms with Crippen LogP contribution in [0.5, 0.6) is 5.75 Å². The Morgan fingerprint density at radius 2 is 1.58 bits per heavy atom. The van der Waals surface area contributed by atoms with Gasteiger partial charge in [0, 0.05) is 10.2 Å². The molecular weight excluding hydrogens is 510 g/mol. The van der Waals surface area contributed by atoms with E-state index in [0.29, 0.717) is 22.6 Å². The number of hydrogen-bond donors (Lipinski definition) is 2. The van der Waals surface area contributed by atoms with E-state index in [2.05, 4.69) is 21.2 Å². The molecule has 0 fully saturated rings. The fourth-order valence-corrected chi connectivity index (χ4v) is 3.41. The van der Waals surface area contributed by atoms with Gasteiger partial charge in [0.15, 0.2) is 0 Å². The minimum absolute atomic E-state index is 0.0996. The van der Waals surface area contributed by atoms with Crippen molar-refractivity contribution in [2.75, 3.05) is 5.32 Å². The fourth-order valence-electron chi connectivity index (χ4n) is 2.63. The van der Waals surface area contributed by atoms with E-state index < -0.39 is 21.9 Å². The Hall–Kier alpha value is -3.78. The summed E-state index contributed by atoms with van der Waals surface area (Å²) in [4.78, 5) is 24.5. The van der Waals surface area contributed by atoms with E-state index in [4.69, 9.17) is 9.88 Å². The molecule has 0 bridgehead atoms. The molecule has 10 heteroatoms. The first-order valence-electron chi connectivity index (χ1n) is 9.29. The van der Waals surface area contributed by atoms with E-state index in [0.717, 1.165) is 4.47 Å². The summed E-state index contributed by atoms with van der Waals surface area (Å²) in [7, 11) is -3.85. The second-order valence-corrected chi connectivity index (χ2v) is 9.14. The SMILES string of the molecule is N#C/C(=C/c1ccc(OC(=O)c2ccc(Br)cc2)cc1)C(=O)Nc1ccc(S(N)(=O)=O)cc1. The van der Waals surface area contributed by atoms with Gasteiger partial charge in [-0.2, -0.15) is 5.26 Å². The number of nitrogens with two attached hydrogens (primary N) is 1. The zero-order chi connectivity index (χ0) is 24.0. The van der Waals surface area contributed by atoms with Crippen molar-refractivity contribution in [3.05, 3.63) is 94.0 Å². The Morgan fingerprint density at radius 1 is 0.970 bits per heavy atom. The molecule has 0 heterocycles. The average molecular weight is 526 g/mol. The van der Waals surface area contributed by atoms with Gasteiger partial charge in [-0.05, 0) is 72.3 Å². The number of sulfonamides is 1. The van der Waals surface area contributed by atoms with E-state index in [1.807, 2.05) is 6.07 Å². The molecule has 166 valence electrons. The third-order valence-corrected chi connectivity index (χ3v) is 5.75. The van der Waals surface area contributed by atoms with Crippen LogP contribution in [0.2, 0.25) is 0 Å². The molecule has 0 radical (unpaired) electrons. The highest BCUT2D eigenvalue weighted by Gasteiger charge is 2.12. The quantitative estimate of drug-likeness (QED) is 0.216. The van der Waals surface area contributed by atoms with Gasteiger partial charge in [-0.25, -0.2) is 18.4 Å². The van der Waals surface area contributed by atoms with Gasteiger partial charge in [-0.3, -0.25) is 4.79 Å². The summed E-state index contributed by atoms with van der Waals surface area (Å²) in [5, 5.41) is 16.9. The lowest BCUT2D eigenvalue weighted by Gasteiger charge is -2.06. The van der Waals surface area contributed by atoms with E-state index in [1.165, 1.54) is 30.3 Å². The minimum atomic E-state index is -3.85. The lowest BCUT2D eigenvalue weighted by atomic mass is 10.1. The highest BCUT2D eigenvalue weighted by Crippen LogP contribution is 2.18. The lowest BCUT2D eigenvalue weighted by molar-refractivity contribution is -0.112. The number of nitriles is 1. The molecular formula is C23H16BrN3O5S. The van der Waals surface area contributed by atoms with Crippen LogP contribution in [0.4, 0.5) is 5.69 Å². The molecule has 3 aromatic carbocycles. The van der Waals surface area contributed by atoms with Gasteiger partial charge in [-0.15, -0.1) is 0 Å². The molecule has 8 nitrogen and oxygen atoms in total. The number of carbonyl (C=O) groups is 2. The molecule has 3 aromatic rings. The van der Waals surface area contributed by atoms with Crippen LogP contribution in [-0.2, 0) is 14.8 Å². The Balaban J connectivity index is 1.68. The predicted octanol–water partition coefficient (Wildman–Crippen LogP) is 3.86. The molecule has 0 spiro atoms. The molecule has 0 saturated carbocycles. The standard InChI is InChI=1S/C23H16BrN3O5S/c24-18-5-3-16(4-6-18)23(29)32-20-9-1-15(2-10-20)13-17(14-25)22(28)27-19-7-11-21(12-8-19)33(26,30)31/h1-13H,(H,27,28)(H2,26,30,31)/b17-13-. The number of ether oxygens (including phenoxy) is 1. The van der Waals surface area contributed by atoms with Crippen molar-refractivity contribution in [1.82, 2.24) is 0 Å². The number of halogens is 1. The van der Waals surface area contributed by atoms with Gasteiger partial charge >= 0.3 is 5.97 Å². The number of benzene rings is 3. The molecule has 33 heavy (non-hydrogen) atoms. The molecule has 1 amide bonds. The lowest BCUT2D eigenvalue weighted by Crippen LogP contribution is -2.14. The van der Waals surface area contributed by atoms with Crippen LogP contribution in [0.1, 0.15) is 15.9 Å². The van der Waals surface area contributed by atoms with Crippen LogP contribution < -0.4 is 15.2 Å². The van der Waals surface area contributed by atoms with Gasteiger partial charge in [0.05, 0.1) is 10.5 Å². The van der Waals surface area contributed by atoms with Crippen LogP contribution in [-0.4, -0.2) is 20.3 Å². The number of nitrogens with zero attached hydrogens (tertiary/aromatic N) is 1. The molecule has 3 rings (SSSR count). The van der Waals surface area contributed by atoms with Crippen LogP contribution in [0.25, 0.3) is 6.08 Å². The van der Waals surface area contributed by atoms with E-state index in [1.54, 1.807) is 48.5 Å². The summed E-state index contributed by atoms with van der Waals surface area (Å²) in [6.07, 6.45) is 1.37. The van der Waals surface area contributed by atoms with Crippen molar-refractivity contribution < 1.29 is 22.7 Å². The predicted molar refractivity (Wildman–Crippen MR) is 126 cm³/mol. The zero-order valence-corrected chi connectivity index (χ0v) is 19.3. The minimum Gasteiger partial charge on any atom is -0.423 e. The maximum Gasteiger partial charge on any atom is 0.343 e. The Morgan fingerprint density at radius 3 is 2.12 bits per heavy atom. The maximum absolute atomic E-state index is 12.4. The number of carbonyl (C=O) groups excluding carboxylic acids is 2. The summed E-state index contributed by atoms with van der Waals surface area (Å²) in [5.74, 6) is -0.888. The number of nitrogens with one attached hydrogen (secondary N) is 1. The second-order valence-electron chi connectivity index (χ2n) is 6.66. The maximum atomic E-state index is 12.4. The van der Waals surface area contributed by atoms with Crippen molar-refractivity contribution >= 4 is 49.6 Å². The number of anilines is 1. The third kappa shape index (κ3) is 6.60. The highest BCUT2D eigenvalue weighted by atomic mass is 79.9. The number of primary sulfonamides is 1. The van der Waals surface area contributed by atoms with Crippen LogP contribution in [0, 0.1) is 11.3 Å². The van der Waals surface area contributed by atoms with Crippen LogP contribution in [0.15, 0.2) is 87.7 Å². The molecule has 0 aliphatic heterocycles. The normalized spacial score (nSPS) is 11.4. The fraction of sp³-hybridized carbons (Fsp3) is 0. The van der Waals surface area contributed by atoms with E-state index >= 15 is 0 Å². The van der Waals surface area contributed by atoms with Gasteiger partial charge in [0.2, 0.25) is 10.0 Å². The van der Waals surface area contributed by atoms with E-state index in [9.17, 15) is 23.3 Å². The van der Waals surface area contributed by atoms with Gasteiger partial charge < -0.3 is 10.1 Å².